The van der Waals surface area contributed by atoms with Crippen molar-refractivity contribution in [3.05, 3.63) is 64.7 Å². The van der Waals surface area contributed by atoms with Crippen LogP contribution in [0.15, 0.2) is 48.5 Å². The molecule has 2 aromatic carbocycles. The Morgan fingerprint density at radius 2 is 1.90 bits per heavy atom. The Morgan fingerprint density at radius 3 is 2.65 bits per heavy atom. The molecule has 0 radical (unpaired) electrons. The fourth-order valence-electron chi connectivity index (χ4n) is 2.79. The van der Waals surface area contributed by atoms with Crippen molar-refractivity contribution in [2.75, 3.05) is 5.32 Å². The van der Waals surface area contributed by atoms with Gasteiger partial charge in [-0.1, -0.05) is 41.9 Å². The van der Waals surface area contributed by atoms with E-state index in [4.69, 9.17) is 11.6 Å². The summed E-state index contributed by atoms with van der Waals surface area (Å²) in [6.07, 6.45) is 2.22. The predicted octanol–water partition coefficient (Wildman–Crippen LogP) is 4.19. The number of rotatable bonds is 4. The van der Waals surface area contributed by atoms with Crippen LogP contribution >= 0.6 is 11.6 Å². The van der Waals surface area contributed by atoms with Gasteiger partial charge in [0.1, 0.15) is 0 Å². The van der Waals surface area contributed by atoms with Crippen LogP contribution in [0.25, 0.3) is 0 Å². The average Bonchev–Trinajstić information content (AvgIpc) is 2.42. The highest BCUT2D eigenvalue weighted by molar-refractivity contribution is 6.30. The molecule has 1 saturated carbocycles. The molecule has 3 heteroatoms. The third kappa shape index (κ3) is 2.82. The molecule has 0 bridgehead atoms. The van der Waals surface area contributed by atoms with Crippen molar-refractivity contribution in [3.8, 4) is 0 Å². The summed E-state index contributed by atoms with van der Waals surface area (Å²) in [4.78, 5) is 0. The largest absolute Gasteiger partial charge is 0.392 e. The highest BCUT2D eigenvalue weighted by Gasteiger charge is 2.30. The summed E-state index contributed by atoms with van der Waals surface area (Å²) in [5.74, 6) is 0.590. The van der Waals surface area contributed by atoms with Gasteiger partial charge in [-0.2, -0.15) is 0 Å². The summed E-state index contributed by atoms with van der Waals surface area (Å²) in [5, 5.41) is 13.7. The lowest BCUT2D eigenvalue weighted by molar-refractivity contribution is 0.282. The minimum Gasteiger partial charge on any atom is -0.392 e. The predicted molar refractivity (Wildman–Crippen MR) is 83.2 cm³/mol. The number of aliphatic hydroxyl groups excluding tert-OH is 1. The molecule has 0 heterocycles. The molecule has 2 aromatic rings. The van der Waals surface area contributed by atoms with Gasteiger partial charge in [-0.15, -0.1) is 0 Å². The van der Waals surface area contributed by atoms with Crippen molar-refractivity contribution < 1.29 is 5.11 Å². The van der Waals surface area contributed by atoms with Crippen LogP contribution in [0.5, 0.6) is 0 Å². The van der Waals surface area contributed by atoms with Crippen molar-refractivity contribution in [2.45, 2.75) is 31.4 Å². The van der Waals surface area contributed by atoms with E-state index in [0.29, 0.717) is 12.0 Å². The van der Waals surface area contributed by atoms with Gasteiger partial charge in [0.05, 0.1) is 6.61 Å². The third-order valence-corrected chi connectivity index (χ3v) is 4.24. The first kappa shape index (κ1) is 13.5. The Labute approximate surface area is 124 Å². The smallest absolute Gasteiger partial charge is 0.0701 e. The molecule has 20 heavy (non-hydrogen) atoms. The molecule has 1 aliphatic rings. The van der Waals surface area contributed by atoms with Crippen molar-refractivity contribution in [3.63, 3.8) is 0 Å². The monoisotopic (exact) mass is 287 g/mol. The molecule has 104 valence electrons. The molecule has 0 aliphatic heterocycles. The summed E-state index contributed by atoms with van der Waals surface area (Å²) < 4.78 is 0. The topological polar surface area (TPSA) is 32.3 Å². The molecule has 2 N–H and O–H groups in total. The zero-order chi connectivity index (χ0) is 13.9. The van der Waals surface area contributed by atoms with Gasteiger partial charge in [-0.3, -0.25) is 0 Å². The zero-order valence-electron chi connectivity index (χ0n) is 11.2. The Kier molecular flexibility index (Phi) is 3.95. The highest BCUT2D eigenvalue weighted by Crippen LogP contribution is 2.39. The van der Waals surface area contributed by atoms with E-state index in [9.17, 15) is 5.11 Å². The van der Waals surface area contributed by atoms with Gasteiger partial charge in [0.25, 0.3) is 0 Å². The molecule has 0 amide bonds. The van der Waals surface area contributed by atoms with Crippen LogP contribution in [-0.2, 0) is 6.61 Å². The molecule has 1 aliphatic carbocycles. The van der Waals surface area contributed by atoms with Gasteiger partial charge in [-0.25, -0.2) is 0 Å². The zero-order valence-corrected chi connectivity index (χ0v) is 12.0. The van der Waals surface area contributed by atoms with Crippen molar-refractivity contribution >= 4 is 17.3 Å². The third-order valence-electron chi connectivity index (χ3n) is 4.01. The maximum absolute atomic E-state index is 9.33. The summed E-state index contributed by atoms with van der Waals surface area (Å²) in [6, 6.07) is 16.5. The molecule has 3 rings (SSSR count). The van der Waals surface area contributed by atoms with Crippen molar-refractivity contribution in [1.82, 2.24) is 0 Å². The van der Waals surface area contributed by atoms with Crippen LogP contribution < -0.4 is 5.32 Å². The van der Waals surface area contributed by atoms with Gasteiger partial charge in [-0.05, 0) is 42.5 Å². The second-order valence-electron chi connectivity index (χ2n) is 5.38. The summed E-state index contributed by atoms with van der Waals surface area (Å²) in [5.41, 5.74) is 3.33. The van der Waals surface area contributed by atoms with Gasteiger partial charge < -0.3 is 10.4 Å². The lowest BCUT2D eigenvalue weighted by atomic mass is 9.76. The first-order valence-electron chi connectivity index (χ1n) is 6.97. The molecular formula is C17H18ClNO. The van der Waals surface area contributed by atoms with E-state index in [1.807, 2.05) is 36.4 Å². The Morgan fingerprint density at radius 1 is 1.10 bits per heavy atom. The SMILES string of the molecule is OCc1ccccc1NC1CC(c2cccc(Cl)c2)C1. The van der Waals surface area contributed by atoms with E-state index in [0.717, 1.165) is 29.1 Å². The molecule has 0 unspecified atom stereocenters. The lowest BCUT2D eigenvalue weighted by Crippen LogP contribution is -2.34. The van der Waals surface area contributed by atoms with Gasteiger partial charge >= 0.3 is 0 Å². The van der Waals surface area contributed by atoms with Gasteiger partial charge in [0.15, 0.2) is 0 Å². The number of halogens is 1. The van der Waals surface area contributed by atoms with Crippen molar-refractivity contribution in [1.29, 1.82) is 0 Å². The van der Waals surface area contributed by atoms with Crippen LogP contribution in [-0.4, -0.2) is 11.1 Å². The van der Waals surface area contributed by atoms with E-state index in [2.05, 4.69) is 17.4 Å². The van der Waals surface area contributed by atoms with Gasteiger partial charge in [0, 0.05) is 22.3 Å². The summed E-state index contributed by atoms with van der Waals surface area (Å²) in [7, 11) is 0. The number of para-hydroxylation sites is 1. The van der Waals surface area contributed by atoms with Crippen LogP contribution in [0.1, 0.15) is 29.9 Å². The first-order chi connectivity index (χ1) is 9.76. The number of anilines is 1. The normalized spacial score (nSPS) is 21.3. The Bertz CT molecular complexity index is 593. The van der Waals surface area contributed by atoms with Gasteiger partial charge in [0.2, 0.25) is 0 Å². The van der Waals surface area contributed by atoms with E-state index in [-0.39, 0.29) is 6.61 Å². The summed E-state index contributed by atoms with van der Waals surface area (Å²) >= 11 is 6.03. The second kappa shape index (κ2) is 5.86. The molecule has 0 spiro atoms. The fraction of sp³-hybridized carbons (Fsp3) is 0.294. The van der Waals surface area contributed by atoms with E-state index < -0.39 is 0 Å². The number of hydrogen-bond donors (Lipinski definition) is 2. The Hall–Kier alpha value is -1.51. The second-order valence-corrected chi connectivity index (χ2v) is 5.82. The number of hydrogen-bond acceptors (Lipinski definition) is 2. The van der Waals surface area contributed by atoms with Crippen LogP contribution in [0.4, 0.5) is 5.69 Å². The average molecular weight is 288 g/mol. The van der Waals surface area contributed by atoms with E-state index in [1.54, 1.807) is 0 Å². The minimum absolute atomic E-state index is 0.0770. The molecule has 0 aromatic heterocycles. The highest BCUT2D eigenvalue weighted by atomic mass is 35.5. The molecule has 0 saturated heterocycles. The van der Waals surface area contributed by atoms with Crippen LogP contribution in [0.3, 0.4) is 0 Å². The molecule has 2 nitrogen and oxygen atoms in total. The Balaban J connectivity index is 1.61. The maximum Gasteiger partial charge on any atom is 0.0701 e. The van der Waals surface area contributed by atoms with Crippen LogP contribution in [0, 0.1) is 0 Å². The maximum atomic E-state index is 9.33. The molecule has 0 atom stereocenters. The minimum atomic E-state index is 0.0770. The lowest BCUT2D eigenvalue weighted by Gasteiger charge is -2.37. The molecule has 1 fully saturated rings. The first-order valence-corrected chi connectivity index (χ1v) is 7.35. The number of nitrogens with one attached hydrogen (secondary N) is 1. The number of benzene rings is 2. The quantitative estimate of drug-likeness (QED) is 0.884. The molecular weight excluding hydrogens is 270 g/mol. The van der Waals surface area contributed by atoms with Crippen molar-refractivity contribution in [2.24, 2.45) is 0 Å². The van der Waals surface area contributed by atoms with E-state index in [1.165, 1.54) is 5.56 Å². The van der Waals surface area contributed by atoms with E-state index >= 15 is 0 Å². The number of aliphatic hydroxyl groups is 1. The van der Waals surface area contributed by atoms with Crippen LogP contribution in [0.2, 0.25) is 5.02 Å². The summed E-state index contributed by atoms with van der Waals surface area (Å²) in [6.45, 7) is 0.0770. The standard InChI is InChI=1S/C17H18ClNO/c18-15-6-3-5-12(8-15)14-9-16(10-14)19-17-7-2-1-4-13(17)11-20/h1-8,14,16,19-20H,9-11H2. The fourth-order valence-corrected chi connectivity index (χ4v) is 2.99.